The van der Waals surface area contributed by atoms with Crippen LogP contribution in [0, 0.1) is 6.92 Å². The van der Waals surface area contributed by atoms with Gasteiger partial charge >= 0.3 is 0 Å². The molecule has 0 aromatic heterocycles. The quantitative estimate of drug-likeness (QED) is 0.595. The number of sulfonamides is 1. The van der Waals surface area contributed by atoms with E-state index in [-0.39, 0.29) is 10.7 Å². The van der Waals surface area contributed by atoms with Crippen LogP contribution < -0.4 is 0 Å². The first-order valence-electron chi connectivity index (χ1n) is 10.8. The smallest absolute Gasteiger partial charge is 0.245 e. The van der Waals surface area contributed by atoms with Crippen LogP contribution in [0.25, 0.3) is 0 Å². The largest absolute Gasteiger partial charge is 0.351 e. The van der Waals surface area contributed by atoms with Crippen LogP contribution in [0.2, 0.25) is 0 Å². The minimum absolute atomic E-state index is 0.0128. The van der Waals surface area contributed by atoms with Crippen molar-refractivity contribution in [2.24, 2.45) is 0 Å². The number of hydrogen-bond donors (Lipinski definition) is 0. The molecule has 6 heteroatoms. The van der Waals surface area contributed by atoms with Gasteiger partial charge in [0.1, 0.15) is 18.1 Å². The van der Waals surface area contributed by atoms with Gasteiger partial charge in [0.05, 0.1) is 16.9 Å². The van der Waals surface area contributed by atoms with Crippen molar-refractivity contribution >= 4 is 15.8 Å². The first-order chi connectivity index (χ1) is 15.4. The van der Waals surface area contributed by atoms with E-state index in [0.29, 0.717) is 6.42 Å². The van der Waals surface area contributed by atoms with Crippen LogP contribution >= 0.6 is 0 Å². The summed E-state index contributed by atoms with van der Waals surface area (Å²) in [5.41, 5.74) is 3.67. The van der Waals surface area contributed by atoms with Gasteiger partial charge in [0.15, 0.2) is 0 Å². The summed E-state index contributed by atoms with van der Waals surface area (Å²) >= 11 is 0. The van der Waals surface area contributed by atoms with E-state index in [9.17, 15) is 13.2 Å². The Morgan fingerprint density at radius 3 is 2.28 bits per heavy atom. The number of rotatable bonds is 4. The lowest BCUT2D eigenvalue weighted by atomic mass is 9.99. The monoisotopic (exact) mass is 447 g/mol. The topological polar surface area (TPSA) is 63.7 Å². The fourth-order valence-electron chi connectivity index (χ4n) is 4.88. The van der Waals surface area contributed by atoms with Gasteiger partial charge in [-0.05, 0) is 42.7 Å². The highest BCUT2D eigenvalue weighted by molar-refractivity contribution is 7.89. The molecule has 0 amide bonds. The molecule has 1 saturated heterocycles. The second-order valence-electron chi connectivity index (χ2n) is 8.57. The van der Waals surface area contributed by atoms with Crippen LogP contribution in [-0.2, 0) is 26.0 Å². The highest BCUT2D eigenvalue weighted by atomic mass is 32.2. The van der Waals surface area contributed by atoms with Crippen molar-refractivity contribution in [3.8, 4) is 0 Å². The number of aryl methyl sites for hydroxylation is 1. The Labute approximate surface area is 188 Å². The molecule has 0 unspecified atom stereocenters. The Morgan fingerprint density at radius 1 is 0.906 bits per heavy atom. The summed E-state index contributed by atoms with van der Waals surface area (Å²) in [6, 6.07) is 23.6. The van der Waals surface area contributed by atoms with E-state index in [0.717, 1.165) is 22.3 Å². The molecule has 1 heterocycles. The zero-order valence-electron chi connectivity index (χ0n) is 18.0. The molecule has 32 heavy (non-hydrogen) atoms. The number of hydrogen-bond acceptors (Lipinski definition) is 4. The summed E-state index contributed by atoms with van der Waals surface area (Å²) < 4.78 is 35.6. The molecule has 1 aliphatic carbocycles. The van der Waals surface area contributed by atoms with E-state index in [1.165, 1.54) is 4.31 Å². The number of carbonyl (C=O) groups excluding carboxylic acids is 1. The van der Waals surface area contributed by atoms with Crippen LogP contribution in [0.15, 0.2) is 83.8 Å². The summed E-state index contributed by atoms with van der Waals surface area (Å²) in [5, 5.41) is 0. The predicted molar refractivity (Wildman–Crippen MR) is 122 cm³/mol. The molecule has 3 aromatic carbocycles. The molecule has 4 atom stereocenters. The molecule has 164 valence electrons. The average Bonchev–Trinajstić information content (AvgIpc) is 3.30. The summed E-state index contributed by atoms with van der Waals surface area (Å²) in [7, 11) is -3.90. The number of nitrogens with zero attached hydrogens (tertiary/aromatic N) is 1. The molecule has 3 aromatic rings. The Hall–Kier alpha value is -2.80. The Balaban J connectivity index is 1.63. The van der Waals surface area contributed by atoms with Gasteiger partial charge < -0.3 is 4.74 Å². The lowest BCUT2D eigenvalue weighted by Gasteiger charge is -2.29. The summed E-state index contributed by atoms with van der Waals surface area (Å²) in [6.07, 6.45) is -1.08. The van der Waals surface area contributed by atoms with Crippen LogP contribution in [0.1, 0.15) is 41.2 Å². The molecule has 1 fully saturated rings. The molecule has 5 rings (SSSR count). The minimum atomic E-state index is -3.90. The molecule has 0 saturated carbocycles. The zero-order valence-corrected chi connectivity index (χ0v) is 18.8. The third-order valence-electron chi connectivity index (χ3n) is 6.49. The van der Waals surface area contributed by atoms with Crippen LogP contribution in [0.4, 0.5) is 0 Å². The second kappa shape index (κ2) is 7.96. The van der Waals surface area contributed by atoms with Crippen molar-refractivity contribution in [3.63, 3.8) is 0 Å². The van der Waals surface area contributed by atoms with Gasteiger partial charge in [0.25, 0.3) is 0 Å². The van der Waals surface area contributed by atoms with Crippen molar-refractivity contribution in [1.29, 1.82) is 0 Å². The van der Waals surface area contributed by atoms with Crippen molar-refractivity contribution < 1.29 is 17.9 Å². The SMILES string of the molecule is Cc1ccc(S(=O)(=O)N2[C@H](C)[C@@H](c3ccccc3)O[C@@H]2[C@H]2C(=O)Cc3ccccc32)cc1. The third-order valence-corrected chi connectivity index (χ3v) is 8.45. The normalized spacial score (nSPS) is 25.8. The summed E-state index contributed by atoms with van der Waals surface area (Å²) in [5.74, 6) is -0.663. The average molecular weight is 448 g/mol. The van der Waals surface area contributed by atoms with Gasteiger partial charge in [0, 0.05) is 6.42 Å². The molecule has 0 bridgehead atoms. The van der Waals surface area contributed by atoms with E-state index in [4.69, 9.17) is 4.74 Å². The maximum atomic E-state index is 13.9. The Morgan fingerprint density at radius 2 is 1.56 bits per heavy atom. The molecule has 0 spiro atoms. The molecular weight excluding hydrogens is 422 g/mol. The number of ketones is 1. The number of ether oxygens (including phenoxy) is 1. The van der Waals surface area contributed by atoms with Crippen LogP contribution in [0.5, 0.6) is 0 Å². The van der Waals surface area contributed by atoms with Crippen molar-refractivity contribution in [1.82, 2.24) is 4.31 Å². The lowest BCUT2D eigenvalue weighted by Crippen LogP contribution is -2.44. The minimum Gasteiger partial charge on any atom is -0.351 e. The zero-order chi connectivity index (χ0) is 22.5. The number of Topliss-reactive ketones (excluding diaryl/α,β-unsaturated/α-hetero) is 1. The fraction of sp³-hybridized carbons (Fsp3) is 0.269. The van der Waals surface area contributed by atoms with E-state index >= 15 is 0 Å². The van der Waals surface area contributed by atoms with Crippen LogP contribution in [0.3, 0.4) is 0 Å². The van der Waals surface area contributed by atoms with E-state index in [2.05, 4.69) is 0 Å². The number of carbonyl (C=O) groups is 1. The van der Waals surface area contributed by atoms with Gasteiger partial charge in [-0.15, -0.1) is 0 Å². The number of benzene rings is 3. The third kappa shape index (κ3) is 3.39. The molecule has 5 nitrogen and oxygen atoms in total. The predicted octanol–water partition coefficient (Wildman–Crippen LogP) is 4.38. The highest BCUT2D eigenvalue weighted by Crippen LogP contribution is 2.46. The highest BCUT2D eigenvalue weighted by Gasteiger charge is 2.53. The molecule has 0 N–H and O–H groups in total. The maximum absolute atomic E-state index is 13.9. The van der Waals surface area contributed by atoms with Gasteiger partial charge in [-0.3, -0.25) is 4.79 Å². The van der Waals surface area contributed by atoms with E-state index in [1.54, 1.807) is 24.3 Å². The van der Waals surface area contributed by atoms with Gasteiger partial charge in [-0.1, -0.05) is 72.3 Å². The van der Waals surface area contributed by atoms with E-state index < -0.39 is 34.3 Å². The Bertz CT molecular complexity index is 1250. The molecular formula is C26H25NO4S. The summed E-state index contributed by atoms with van der Waals surface area (Å²) in [6.45, 7) is 3.77. The standard InChI is InChI=1S/C26H25NO4S/c1-17-12-14-21(15-13-17)32(29,30)27-18(2)25(19-8-4-3-5-9-19)31-26(27)24-22-11-7-6-10-20(22)16-23(24)28/h3-15,18,24-26H,16H2,1-2H3/t18-,24-,25+,26-/m1/s1. The first kappa shape index (κ1) is 21.1. The first-order valence-corrected chi connectivity index (χ1v) is 12.2. The van der Waals surface area contributed by atoms with Crippen LogP contribution in [-0.4, -0.2) is 30.8 Å². The molecule has 0 radical (unpaired) electrons. The van der Waals surface area contributed by atoms with Gasteiger partial charge in [-0.2, -0.15) is 4.31 Å². The lowest BCUT2D eigenvalue weighted by molar-refractivity contribution is -0.123. The fourth-order valence-corrected chi connectivity index (χ4v) is 6.60. The van der Waals surface area contributed by atoms with E-state index in [1.807, 2.05) is 68.4 Å². The number of fused-ring (bicyclic) bond motifs is 1. The van der Waals surface area contributed by atoms with Crippen molar-refractivity contribution in [2.45, 2.75) is 49.5 Å². The van der Waals surface area contributed by atoms with Gasteiger partial charge in [-0.25, -0.2) is 8.42 Å². The van der Waals surface area contributed by atoms with Crippen molar-refractivity contribution in [3.05, 3.63) is 101 Å². The summed E-state index contributed by atoms with van der Waals surface area (Å²) in [4.78, 5) is 13.3. The molecule has 1 aliphatic heterocycles. The van der Waals surface area contributed by atoms with Gasteiger partial charge in [0.2, 0.25) is 10.0 Å². The second-order valence-corrected chi connectivity index (χ2v) is 10.4. The molecule has 2 aliphatic rings. The maximum Gasteiger partial charge on any atom is 0.245 e. The van der Waals surface area contributed by atoms with Crippen molar-refractivity contribution in [2.75, 3.05) is 0 Å². The Kier molecular flexibility index (Phi) is 5.24.